The lowest BCUT2D eigenvalue weighted by Gasteiger charge is -2.30. The predicted octanol–water partition coefficient (Wildman–Crippen LogP) is 1.04. The molecule has 0 unspecified atom stereocenters. The second kappa shape index (κ2) is 7.11. The summed E-state index contributed by atoms with van der Waals surface area (Å²) in [5.41, 5.74) is 5.68. The SMILES string of the molecule is CCCN(CCC)C(=O)CN1C(=O)COc2ccc(N)nc21. The van der Waals surface area contributed by atoms with Gasteiger partial charge < -0.3 is 15.4 Å². The number of amides is 2. The van der Waals surface area contributed by atoms with E-state index in [-0.39, 0.29) is 30.8 Å². The smallest absolute Gasteiger partial charge is 0.266 e. The Labute approximate surface area is 130 Å². The van der Waals surface area contributed by atoms with Crippen LogP contribution in [0.25, 0.3) is 0 Å². The lowest BCUT2D eigenvalue weighted by molar-refractivity contribution is -0.132. The third kappa shape index (κ3) is 3.47. The van der Waals surface area contributed by atoms with E-state index in [2.05, 4.69) is 4.98 Å². The van der Waals surface area contributed by atoms with Crippen molar-refractivity contribution in [1.82, 2.24) is 9.88 Å². The van der Waals surface area contributed by atoms with Crippen molar-refractivity contribution in [3.63, 3.8) is 0 Å². The number of nitrogen functional groups attached to an aromatic ring is 1. The van der Waals surface area contributed by atoms with Gasteiger partial charge in [-0.15, -0.1) is 0 Å². The summed E-state index contributed by atoms with van der Waals surface area (Å²) in [5, 5.41) is 0. The van der Waals surface area contributed by atoms with Crippen LogP contribution in [0.5, 0.6) is 5.75 Å². The van der Waals surface area contributed by atoms with E-state index >= 15 is 0 Å². The van der Waals surface area contributed by atoms with Crippen molar-refractivity contribution in [3.8, 4) is 5.75 Å². The molecule has 0 spiro atoms. The van der Waals surface area contributed by atoms with Gasteiger partial charge in [0.05, 0.1) is 0 Å². The predicted molar refractivity (Wildman–Crippen MR) is 83.7 cm³/mol. The fourth-order valence-corrected chi connectivity index (χ4v) is 2.39. The topological polar surface area (TPSA) is 88.8 Å². The summed E-state index contributed by atoms with van der Waals surface area (Å²) < 4.78 is 5.32. The summed E-state index contributed by atoms with van der Waals surface area (Å²) in [6, 6.07) is 3.27. The van der Waals surface area contributed by atoms with Crippen LogP contribution in [-0.4, -0.2) is 47.9 Å². The second-order valence-corrected chi connectivity index (χ2v) is 5.21. The van der Waals surface area contributed by atoms with E-state index < -0.39 is 0 Å². The first kappa shape index (κ1) is 16.1. The highest BCUT2D eigenvalue weighted by molar-refractivity contribution is 6.01. The van der Waals surface area contributed by atoms with E-state index in [1.165, 1.54) is 4.90 Å². The van der Waals surface area contributed by atoms with E-state index in [9.17, 15) is 9.59 Å². The maximum atomic E-state index is 12.5. The molecule has 0 aliphatic carbocycles. The molecule has 7 heteroatoms. The average molecular weight is 306 g/mol. The molecule has 2 rings (SSSR count). The van der Waals surface area contributed by atoms with E-state index in [1.54, 1.807) is 17.0 Å². The number of carbonyl (C=O) groups excluding carboxylic acids is 2. The van der Waals surface area contributed by atoms with Crippen LogP contribution >= 0.6 is 0 Å². The average Bonchev–Trinajstić information content (AvgIpc) is 2.50. The van der Waals surface area contributed by atoms with Gasteiger partial charge in [-0.3, -0.25) is 14.5 Å². The van der Waals surface area contributed by atoms with E-state index in [4.69, 9.17) is 10.5 Å². The van der Waals surface area contributed by atoms with Gasteiger partial charge in [-0.25, -0.2) is 4.98 Å². The summed E-state index contributed by atoms with van der Waals surface area (Å²) in [7, 11) is 0. The van der Waals surface area contributed by atoms with Crippen molar-refractivity contribution in [2.75, 3.05) is 36.9 Å². The number of rotatable bonds is 6. The number of anilines is 2. The lowest BCUT2D eigenvalue weighted by atomic mass is 10.3. The first-order chi connectivity index (χ1) is 10.6. The molecule has 0 aromatic carbocycles. The van der Waals surface area contributed by atoms with E-state index in [0.29, 0.717) is 24.7 Å². The van der Waals surface area contributed by atoms with Gasteiger partial charge in [-0.2, -0.15) is 0 Å². The summed E-state index contributed by atoms with van der Waals surface area (Å²) in [5.74, 6) is 0.700. The summed E-state index contributed by atoms with van der Waals surface area (Å²) in [6.07, 6.45) is 1.76. The standard InChI is InChI=1S/C15H22N4O3/c1-3-7-18(8-4-2)13(20)9-19-14(21)10-22-11-5-6-12(16)17-15(11)19/h5-6H,3-4,7-10H2,1-2H3,(H2,16,17). The number of hydrogen-bond acceptors (Lipinski definition) is 5. The zero-order valence-electron chi connectivity index (χ0n) is 13.0. The zero-order chi connectivity index (χ0) is 16.1. The molecule has 0 saturated carbocycles. The fourth-order valence-electron chi connectivity index (χ4n) is 2.39. The molecule has 22 heavy (non-hydrogen) atoms. The van der Waals surface area contributed by atoms with Crippen LogP contribution in [-0.2, 0) is 9.59 Å². The Morgan fingerprint density at radius 2 is 2.05 bits per heavy atom. The Morgan fingerprint density at radius 3 is 2.68 bits per heavy atom. The molecule has 0 bridgehead atoms. The molecule has 7 nitrogen and oxygen atoms in total. The molecule has 0 fully saturated rings. The Bertz CT molecular complexity index is 556. The molecule has 1 aromatic rings. The quantitative estimate of drug-likeness (QED) is 0.848. The second-order valence-electron chi connectivity index (χ2n) is 5.21. The third-order valence-electron chi connectivity index (χ3n) is 3.40. The van der Waals surface area contributed by atoms with Crippen molar-refractivity contribution >= 4 is 23.5 Å². The van der Waals surface area contributed by atoms with Crippen molar-refractivity contribution in [2.45, 2.75) is 26.7 Å². The molecule has 0 saturated heterocycles. The molecule has 1 aliphatic rings. The van der Waals surface area contributed by atoms with Crippen LogP contribution in [0.3, 0.4) is 0 Å². The maximum Gasteiger partial charge on any atom is 0.266 e. The molecule has 2 amide bonds. The normalized spacial score (nSPS) is 13.5. The van der Waals surface area contributed by atoms with Crippen LogP contribution in [0.4, 0.5) is 11.6 Å². The molecular weight excluding hydrogens is 284 g/mol. The minimum atomic E-state index is -0.285. The van der Waals surface area contributed by atoms with Crippen molar-refractivity contribution in [2.24, 2.45) is 0 Å². The van der Waals surface area contributed by atoms with Crippen molar-refractivity contribution in [3.05, 3.63) is 12.1 Å². The zero-order valence-corrected chi connectivity index (χ0v) is 13.0. The van der Waals surface area contributed by atoms with Gasteiger partial charge >= 0.3 is 0 Å². The minimum absolute atomic E-state index is 0.0361. The Kier molecular flexibility index (Phi) is 5.19. The van der Waals surface area contributed by atoms with Gasteiger partial charge in [0.2, 0.25) is 5.91 Å². The molecule has 2 heterocycles. The highest BCUT2D eigenvalue weighted by atomic mass is 16.5. The number of nitrogens with zero attached hydrogens (tertiary/aromatic N) is 3. The Hall–Kier alpha value is -2.31. The molecule has 1 aromatic heterocycles. The lowest BCUT2D eigenvalue weighted by Crippen LogP contribution is -2.47. The number of aromatic nitrogens is 1. The largest absolute Gasteiger partial charge is 0.480 e. The van der Waals surface area contributed by atoms with Crippen molar-refractivity contribution in [1.29, 1.82) is 0 Å². The highest BCUT2D eigenvalue weighted by Gasteiger charge is 2.30. The monoisotopic (exact) mass is 306 g/mol. The molecule has 120 valence electrons. The molecule has 0 radical (unpaired) electrons. The Balaban J connectivity index is 2.19. The summed E-state index contributed by atoms with van der Waals surface area (Å²) in [4.78, 5) is 31.8. The van der Waals surface area contributed by atoms with Gasteiger partial charge in [0.15, 0.2) is 18.2 Å². The van der Waals surface area contributed by atoms with Crippen LogP contribution in [0, 0.1) is 0 Å². The summed E-state index contributed by atoms with van der Waals surface area (Å²) >= 11 is 0. The first-order valence-electron chi connectivity index (χ1n) is 7.54. The molecular formula is C15H22N4O3. The Morgan fingerprint density at radius 1 is 1.36 bits per heavy atom. The number of nitrogens with two attached hydrogens (primary N) is 1. The number of pyridine rings is 1. The van der Waals surface area contributed by atoms with Crippen LogP contribution < -0.4 is 15.4 Å². The van der Waals surface area contributed by atoms with Gasteiger partial charge in [0, 0.05) is 13.1 Å². The number of ether oxygens (including phenoxy) is 1. The number of carbonyl (C=O) groups is 2. The van der Waals surface area contributed by atoms with E-state index in [1.807, 2.05) is 13.8 Å². The molecule has 0 atom stereocenters. The van der Waals surface area contributed by atoms with Gasteiger partial charge in [0.1, 0.15) is 12.4 Å². The van der Waals surface area contributed by atoms with Crippen LogP contribution in [0.1, 0.15) is 26.7 Å². The maximum absolute atomic E-state index is 12.5. The van der Waals surface area contributed by atoms with Crippen LogP contribution in [0.15, 0.2) is 12.1 Å². The van der Waals surface area contributed by atoms with Gasteiger partial charge in [-0.1, -0.05) is 13.8 Å². The molecule has 2 N–H and O–H groups in total. The van der Waals surface area contributed by atoms with Gasteiger partial charge in [-0.05, 0) is 25.0 Å². The van der Waals surface area contributed by atoms with E-state index in [0.717, 1.165) is 12.8 Å². The molecule has 1 aliphatic heterocycles. The fraction of sp³-hybridized carbons (Fsp3) is 0.533. The summed E-state index contributed by atoms with van der Waals surface area (Å²) in [6.45, 7) is 5.28. The minimum Gasteiger partial charge on any atom is -0.480 e. The van der Waals surface area contributed by atoms with Crippen molar-refractivity contribution < 1.29 is 14.3 Å². The van der Waals surface area contributed by atoms with Gasteiger partial charge in [0.25, 0.3) is 5.91 Å². The van der Waals surface area contributed by atoms with Crippen LogP contribution in [0.2, 0.25) is 0 Å². The number of fused-ring (bicyclic) bond motifs is 1. The third-order valence-corrected chi connectivity index (χ3v) is 3.40. The highest BCUT2D eigenvalue weighted by Crippen LogP contribution is 2.30. The first-order valence-corrected chi connectivity index (χ1v) is 7.54. The number of hydrogen-bond donors (Lipinski definition) is 1.